The molecule has 0 saturated carbocycles. The average molecular weight is 471 g/mol. The summed E-state index contributed by atoms with van der Waals surface area (Å²) < 4.78 is 22.1. The molecule has 1 aliphatic rings. The monoisotopic (exact) mass is 470 g/mol. The summed E-state index contributed by atoms with van der Waals surface area (Å²) in [5.74, 6) is -0.0457. The van der Waals surface area contributed by atoms with Crippen LogP contribution in [0.25, 0.3) is 5.69 Å². The predicted molar refractivity (Wildman–Crippen MR) is 128 cm³/mol. The Labute approximate surface area is 198 Å². The first kappa shape index (κ1) is 23.3. The van der Waals surface area contributed by atoms with Gasteiger partial charge in [0.25, 0.3) is 5.91 Å². The van der Waals surface area contributed by atoms with E-state index in [2.05, 4.69) is 0 Å². The average Bonchev–Trinajstić information content (AvgIpc) is 3.41. The zero-order chi connectivity index (χ0) is 23.5. The number of nitrogens with zero attached hydrogens (tertiary/aromatic N) is 4. The Morgan fingerprint density at radius 1 is 1.24 bits per heavy atom. The molecule has 0 radical (unpaired) electrons. The zero-order valence-electron chi connectivity index (χ0n) is 19.1. The smallest absolute Gasteiger partial charge is 0.257 e. The first-order valence-corrected chi connectivity index (χ1v) is 11.4. The van der Waals surface area contributed by atoms with Crippen molar-refractivity contribution >= 4 is 23.3 Å². The summed E-state index contributed by atoms with van der Waals surface area (Å²) >= 11 is 6.22. The van der Waals surface area contributed by atoms with Gasteiger partial charge in [0.15, 0.2) is 0 Å². The summed E-state index contributed by atoms with van der Waals surface area (Å²) in [6, 6.07) is 13.6. The Kier molecular flexibility index (Phi) is 7.00. The van der Waals surface area contributed by atoms with Crippen LogP contribution >= 0.6 is 11.6 Å². The van der Waals surface area contributed by atoms with Gasteiger partial charge in [-0.1, -0.05) is 29.8 Å². The lowest BCUT2D eigenvalue weighted by atomic mass is 10.1. The van der Waals surface area contributed by atoms with Gasteiger partial charge < -0.3 is 14.5 Å². The number of anilines is 1. The third kappa shape index (κ3) is 5.04. The van der Waals surface area contributed by atoms with Crippen molar-refractivity contribution in [2.24, 2.45) is 0 Å². The second-order valence-corrected chi connectivity index (χ2v) is 8.91. The summed E-state index contributed by atoms with van der Waals surface area (Å²) in [4.78, 5) is 17.1. The molecule has 174 valence electrons. The number of carbonyl (C=O) groups excluding carboxylic acids is 1. The minimum atomic E-state index is -0.529. The molecule has 1 aromatic heterocycles. The maximum absolute atomic E-state index is 14.5. The van der Waals surface area contributed by atoms with Crippen LogP contribution in [0.4, 0.5) is 10.2 Å². The van der Waals surface area contributed by atoms with E-state index in [0.717, 1.165) is 35.6 Å². The first-order chi connectivity index (χ1) is 15.8. The molecule has 33 heavy (non-hydrogen) atoms. The second kappa shape index (κ2) is 9.93. The topological polar surface area (TPSA) is 50.6 Å². The molecule has 1 fully saturated rings. The molecule has 1 unspecified atom stereocenters. The predicted octanol–water partition coefficient (Wildman–Crippen LogP) is 4.86. The molecule has 2 aromatic carbocycles. The van der Waals surface area contributed by atoms with Crippen LogP contribution in [0.15, 0.2) is 48.5 Å². The number of halogens is 2. The minimum Gasteiger partial charge on any atom is -0.376 e. The van der Waals surface area contributed by atoms with Crippen molar-refractivity contribution in [1.29, 1.82) is 0 Å². The van der Waals surface area contributed by atoms with Crippen LogP contribution < -0.4 is 4.90 Å². The Morgan fingerprint density at radius 2 is 2.03 bits per heavy atom. The van der Waals surface area contributed by atoms with Crippen LogP contribution in [0, 0.1) is 12.7 Å². The molecule has 0 bridgehead atoms. The summed E-state index contributed by atoms with van der Waals surface area (Å²) in [7, 11) is 3.87. The molecule has 3 aromatic rings. The van der Waals surface area contributed by atoms with Gasteiger partial charge in [-0.25, -0.2) is 9.07 Å². The standard InChI is InChI=1S/C25H28ClFN4O2/c1-17-22(24(29(2)3)31(28-17)19-9-6-8-18(26)14-19)16-30(15-20-10-7-13-33-20)25(32)21-11-4-5-12-23(21)27/h4-6,8-9,11-12,14,20H,7,10,13,15-16H2,1-3H3. The van der Waals surface area contributed by atoms with E-state index in [1.165, 1.54) is 12.1 Å². The van der Waals surface area contributed by atoms with Gasteiger partial charge in [-0.05, 0) is 50.1 Å². The molecular weight excluding hydrogens is 443 g/mol. The maximum Gasteiger partial charge on any atom is 0.257 e. The molecule has 1 saturated heterocycles. The van der Waals surface area contributed by atoms with Gasteiger partial charge in [0.1, 0.15) is 11.6 Å². The number of amides is 1. The fraction of sp³-hybridized carbons (Fsp3) is 0.360. The molecule has 0 N–H and O–H groups in total. The summed E-state index contributed by atoms with van der Waals surface area (Å²) in [5.41, 5.74) is 2.56. The number of benzene rings is 2. The Bertz CT molecular complexity index is 1140. The first-order valence-electron chi connectivity index (χ1n) is 11.0. The number of aromatic nitrogens is 2. The van der Waals surface area contributed by atoms with Gasteiger partial charge in [0, 0.05) is 37.8 Å². The SMILES string of the molecule is Cc1nn(-c2cccc(Cl)c2)c(N(C)C)c1CN(CC1CCCO1)C(=O)c1ccccc1F. The highest BCUT2D eigenvalue weighted by atomic mass is 35.5. The van der Waals surface area contributed by atoms with Gasteiger partial charge >= 0.3 is 0 Å². The van der Waals surface area contributed by atoms with Crippen molar-refractivity contribution in [3.05, 3.63) is 76.2 Å². The van der Waals surface area contributed by atoms with Crippen LogP contribution in [0.1, 0.15) is 34.5 Å². The third-order valence-electron chi connectivity index (χ3n) is 5.82. The quantitative estimate of drug-likeness (QED) is 0.494. The highest BCUT2D eigenvalue weighted by molar-refractivity contribution is 6.30. The highest BCUT2D eigenvalue weighted by Crippen LogP contribution is 2.29. The lowest BCUT2D eigenvalue weighted by Crippen LogP contribution is -2.37. The molecule has 1 aliphatic heterocycles. The number of hydrogen-bond acceptors (Lipinski definition) is 4. The molecule has 1 atom stereocenters. The van der Waals surface area contributed by atoms with Crippen molar-refractivity contribution in [1.82, 2.24) is 14.7 Å². The number of rotatable bonds is 7. The molecule has 1 amide bonds. The zero-order valence-corrected chi connectivity index (χ0v) is 19.8. The van der Waals surface area contributed by atoms with Crippen LogP contribution in [0.2, 0.25) is 5.02 Å². The largest absolute Gasteiger partial charge is 0.376 e. The lowest BCUT2D eigenvalue weighted by Gasteiger charge is -2.27. The number of hydrogen-bond donors (Lipinski definition) is 0. The van der Waals surface area contributed by atoms with Crippen molar-refractivity contribution in [2.45, 2.75) is 32.4 Å². The molecule has 0 spiro atoms. The Morgan fingerprint density at radius 3 is 2.70 bits per heavy atom. The normalized spacial score (nSPS) is 15.6. The van der Waals surface area contributed by atoms with Gasteiger partial charge in [0.05, 0.1) is 29.6 Å². The van der Waals surface area contributed by atoms with Crippen LogP contribution in [0.5, 0.6) is 0 Å². The minimum absolute atomic E-state index is 0.0572. The van der Waals surface area contributed by atoms with E-state index >= 15 is 0 Å². The lowest BCUT2D eigenvalue weighted by molar-refractivity contribution is 0.0503. The van der Waals surface area contributed by atoms with Crippen LogP contribution in [-0.4, -0.2) is 53.9 Å². The third-order valence-corrected chi connectivity index (χ3v) is 6.06. The summed E-state index contributed by atoms with van der Waals surface area (Å²) in [6.45, 7) is 3.27. The molecule has 8 heteroatoms. The number of ether oxygens (including phenoxy) is 1. The molecule has 4 rings (SSSR count). The second-order valence-electron chi connectivity index (χ2n) is 8.47. The summed E-state index contributed by atoms with van der Waals surface area (Å²) in [5, 5.41) is 5.36. The van der Waals surface area contributed by atoms with Crippen molar-refractivity contribution < 1.29 is 13.9 Å². The molecule has 2 heterocycles. The highest BCUT2D eigenvalue weighted by Gasteiger charge is 2.28. The summed E-state index contributed by atoms with van der Waals surface area (Å²) in [6.07, 6.45) is 1.77. The van der Waals surface area contributed by atoms with Crippen molar-refractivity contribution in [2.75, 3.05) is 32.1 Å². The fourth-order valence-corrected chi connectivity index (χ4v) is 4.41. The van der Waals surface area contributed by atoms with E-state index in [1.54, 1.807) is 17.0 Å². The molecular formula is C25H28ClFN4O2. The van der Waals surface area contributed by atoms with E-state index in [9.17, 15) is 9.18 Å². The van der Waals surface area contributed by atoms with E-state index < -0.39 is 5.82 Å². The van der Waals surface area contributed by atoms with Crippen LogP contribution in [-0.2, 0) is 11.3 Å². The van der Waals surface area contributed by atoms with Gasteiger partial charge in [-0.3, -0.25) is 4.79 Å². The number of aryl methyl sites for hydroxylation is 1. The van der Waals surface area contributed by atoms with Crippen LogP contribution in [0.3, 0.4) is 0 Å². The van der Waals surface area contributed by atoms with Gasteiger partial charge in [-0.2, -0.15) is 5.10 Å². The van der Waals surface area contributed by atoms with Crippen molar-refractivity contribution in [3.8, 4) is 5.69 Å². The number of carbonyl (C=O) groups is 1. The van der Waals surface area contributed by atoms with E-state index in [4.69, 9.17) is 21.4 Å². The van der Waals surface area contributed by atoms with E-state index in [0.29, 0.717) is 18.2 Å². The maximum atomic E-state index is 14.5. The van der Waals surface area contributed by atoms with Gasteiger partial charge in [-0.15, -0.1) is 0 Å². The molecule has 0 aliphatic carbocycles. The van der Waals surface area contributed by atoms with E-state index in [1.807, 2.05) is 54.9 Å². The Balaban J connectivity index is 1.73. The molecule has 6 nitrogen and oxygen atoms in total. The fourth-order valence-electron chi connectivity index (χ4n) is 4.23. The van der Waals surface area contributed by atoms with Gasteiger partial charge in [0.2, 0.25) is 0 Å². The van der Waals surface area contributed by atoms with E-state index in [-0.39, 0.29) is 24.1 Å². The Hall–Kier alpha value is -2.90. The van der Waals surface area contributed by atoms with Crippen molar-refractivity contribution in [3.63, 3.8) is 0 Å².